The van der Waals surface area contributed by atoms with E-state index in [-0.39, 0.29) is 12.4 Å². The Labute approximate surface area is 129 Å². The summed E-state index contributed by atoms with van der Waals surface area (Å²) in [5, 5.41) is 2.62. The van der Waals surface area contributed by atoms with Crippen LogP contribution in [0.25, 0.3) is 0 Å². The van der Waals surface area contributed by atoms with Gasteiger partial charge in [0.1, 0.15) is 0 Å². The van der Waals surface area contributed by atoms with Crippen LogP contribution in [0.15, 0.2) is 18.2 Å². The number of carbonyl (C=O) groups excluding carboxylic acids is 2. The van der Waals surface area contributed by atoms with Gasteiger partial charge in [0.2, 0.25) is 10.0 Å². The van der Waals surface area contributed by atoms with Crippen LogP contribution in [-0.2, 0) is 24.3 Å². The van der Waals surface area contributed by atoms with E-state index < -0.39 is 21.9 Å². The van der Waals surface area contributed by atoms with Crippen molar-refractivity contribution in [3.63, 3.8) is 0 Å². The lowest BCUT2D eigenvalue weighted by atomic mass is 10.1. The molecule has 1 N–H and O–H groups in total. The zero-order chi connectivity index (χ0) is 16.3. The zero-order valence-electron chi connectivity index (χ0n) is 12.5. The van der Waals surface area contributed by atoms with Crippen LogP contribution in [0.3, 0.4) is 0 Å². The van der Waals surface area contributed by atoms with Crippen LogP contribution in [0.4, 0.5) is 11.4 Å². The van der Waals surface area contributed by atoms with E-state index in [0.29, 0.717) is 24.3 Å². The number of nitrogens with zero attached hydrogens (tertiary/aromatic N) is 1. The summed E-state index contributed by atoms with van der Waals surface area (Å²) < 4.78 is 29.8. The summed E-state index contributed by atoms with van der Waals surface area (Å²) in [4.78, 5) is 22.4. The fraction of sp³-hybridized carbons (Fsp3) is 0.429. The van der Waals surface area contributed by atoms with Gasteiger partial charge in [0.15, 0.2) is 6.61 Å². The SMILES string of the molecule is CC(=O)OCC(=O)Nc1cc(N2CCCS2(=O)=O)ccc1C. The molecule has 0 aliphatic carbocycles. The number of rotatable bonds is 4. The third kappa shape index (κ3) is 3.76. The van der Waals surface area contributed by atoms with Crippen LogP contribution in [0.1, 0.15) is 18.9 Å². The number of nitrogens with one attached hydrogen (secondary N) is 1. The molecule has 1 aromatic rings. The largest absolute Gasteiger partial charge is 0.456 e. The molecule has 0 unspecified atom stereocenters. The van der Waals surface area contributed by atoms with E-state index >= 15 is 0 Å². The molecule has 1 aliphatic rings. The van der Waals surface area contributed by atoms with E-state index in [0.717, 1.165) is 5.56 Å². The number of hydrogen-bond acceptors (Lipinski definition) is 5. The Bertz CT molecular complexity index is 699. The second-order valence-electron chi connectivity index (χ2n) is 5.07. The molecule has 0 aromatic heterocycles. The molecule has 0 spiro atoms. The van der Waals surface area contributed by atoms with Gasteiger partial charge < -0.3 is 10.1 Å². The highest BCUT2D eigenvalue weighted by Gasteiger charge is 2.28. The number of benzene rings is 1. The number of esters is 1. The molecular weight excluding hydrogens is 308 g/mol. The number of sulfonamides is 1. The van der Waals surface area contributed by atoms with Gasteiger partial charge in [-0.3, -0.25) is 13.9 Å². The molecule has 1 fully saturated rings. The van der Waals surface area contributed by atoms with Crippen molar-refractivity contribution in [2.75, 3.05) is 28.5 Å². The zero-order valence-corrected chi connectivity index (χ0v) is 13.3. The number of anilines is 2. The van der Waals surface area contributed by atoms with E-state index in [9.17, 15) is 18.0 Å². The number of aryl methyl sites for hydroxylation is 1. The minimum Gasteiger partial charge on any atom is -0.456 e. The van der Waals surface area contributed by atoms with E-state index in [4.69, 9.17) is 0 Å². The molecule has 120 valence electrons. The average molecular weight is 326 g/mol. The predicted molar refractivity (Wildman–Crippen MR) is 82.2 cm³/mol. The number of amides is 1. The van der Waals surface area contributed by atoms with Crippen LogP contribution in [0.2, 0.25) is 0 Å². The lowest BCUT2D eigenvalue weighted by molar-refractivity contribution is -0.144. The van der Waals surface area contributed by atoms with Crippen LogP contribution in [-0.4, -0.2) is 39.2 Å². The van der Waals surface area contributed by atoms with Crippen LogP contribution < -0.4 is 9.62 Å². The second-order valence-corrected chi connectivity index (χ2v) is 7.08. The average Bonchev–Trinajstić information content (AvgIpc) is 2.78. The van der Waals surface area contributed by atoms with Crippen LogP contribution in [0.5, 0.6) is 0 Å². The Balaban J connectivity index is 2.17. The van der Waals surface area contributed by atoms with E-state index in [1.54, 1.807) is 25.1 Å². The van der Waals surface area contributed by atoms with Gasteiger partial charge in [-0.05, 0) is 31.0 Å². The summed E-state index contributed by atoms with van der Waals surface area (Å²) in [6, 6.07) is 5.06. The third-order valence-electron chi connectivity index (χ3n) is 3.29. The van der Waals surface area contributed by atoms with Crippen molar-refractivity contribution >= 4 is 33.3 Å². The molecule has 1 amide bonds. The van der Waals surface area contributed by atoms with Gasteiger partial charge >= 0.3 is 5.97 Å². The summed E-state index contributed by atoms with van der Waals surface area (Å²) in [5.74, 6) is -0.877. The maximum Gasteiger partial charge on any atom is 0.303 e. The molecule has 0 atom stereocenters. The summed E-state index contributed by atoms with van der Waals surface area (Å²) in [6.07, 6.45) is 0.588. The van der Waals surface area contributed by atoms with Crippen molar-refractivity contribution in [2.45, 2.75) is 20.3 Å². The summed E-state index contributed by atoms with van der Waals surface area (Å²) in [7, 11) is -3.27. The first-order chi connectivity index (χ1) is 10.3. The number of hydrogen-bond donors (Lipinski definition) is 1. The predicted octanol–water partition coefficient (Wildman–Crippen LogP) is 1.04. The molecule has 0 radical (unpaired) electrons. The Kier molecular flexibility index (Phi) is 4.70. The van der Waals surface area contributed by atoms with Crippen molar-refractivity contribution < 1.29 is 22.7 Å². The van der Waals surface area contributed by atoms with Crippen LogP contribution >= 0.6 is 0 Å². The van der Waals surface area contributed by atoms with Gasteiger partial charge in [0.05, 0.1) is 11.4 Å². The standard InChI is InChI=1S/C14H18N2O5S/c1-10-4-5-12(16-6-3-7-22(16,19)20)8-13(10)15-14(18)9-21-11(2)17/h4-5,8H,3,6-7,9H2,1-2H3,(H,15,18). The normalized spacial score (nSPS) is 16.4. The highest BCUT2D eigenvalue weighted by atomic mass is 32.2. The molecule has 1 saturated heterocycles. The quantitative estimate of drug-likeness (QED) is 0.835. The van der Waals surface area contributed by atoms with Gasteiger partial charge in [0.25, 0.3) is 5.91 Å². The smallest absolute Gasteiger partial charge is 0.303 e. The second kappa shape index (κ2) is 6.35. The van der Waals surface area contributed by atoms with Crippen molar-refractivity contribution in [1.29, 1.82) is 0 Å². The first kappa shape index (κ1) is 16.3. The van der Waals surface area contributed by atoms with E-state index in [1.165, 1.54) is 11.2 Å². The molecule has 0 saturated carbocycles. The maximum absolute atomic E-state index is 11.9. The molecular formula is C14H18N2O5S. The Morgan fingerprint density at radius 1 is 1.36 bits per heavy atom. The van der Waals surface area contributed by atoms with Crippen molar-refractivity contribution in [3.8, 4) is 0 Å². The minimum absolute atomic E-state index is 0.134. The molecule has 7 nitrogen and oxygen atoms in total. The summed E-state index contributed by atoms with van der Waals surface area (Å²) in [6.45, 7) is 3.08. The number of carbonyl (C=O) groups is 2. The maximum atomic E-state index is 11.9. The van der Waals surface area contributed by atoms with E-state index in [1.807, 2.05) is 0 Å². The van der Waals surface area contributed by atoms with Crippen molar-refractivity contribution in [1.82, 2.24) is 0 Å². The molecule has 2 rings (SSSR count). The number of ether oxygens (including phenoxy) is 1. The molecule has 22 heavy (non-hydrogen) atoms. The third-order valence-corrected chi connectivity index (χ3v) is 5.16. The van der Waals surface area contributed by atoms with Gasteiger partial charge in [-0.1, -0.05) is 6.07 Å². The highest BCUT2D eigenvalue weighted by Crippen LogP contribution is 2.28. The van der Waals surface area contributed by atoms with Crippen LogP contribution in [0, 0.1) is 6.92 Å². The van der Waals surface area contributed by atoms with Crippen molar-refractivity contribution in [2.24, 2.45) is 0 Å². The first-order valence-corrected chi connectivity index (χ1v) is 8.45. The monoisotopic (exact) mass is 326 g/mol. The summed E-state index contributed by atoms with van der Waals surface area (Å²) in [5.41, 5.74) is 1.80. The lowest BCUT2D eigenvalue weighted by Gasteiger charge is -2.19. The Morgan fingerprint density at radius 2 is 2.09 bits per heavy atom. The topological polar surface area (TPSA) is 92.8 Å². The van der Waals surface area contributed by atoms with E-state index in [2.05, 4.69) is 10.1 Å². The van der Waals surface area contributed by atoms with Gasteiger partial charge in [-0.2, -0.15) is 0 Å². The fourth-order valence-electron chi connectivity index (χ4n) is 2.18. The lowest BCUT2D eigenvalue weighted by Crippen LogP contribution is -2.25. The highest BCUT2D eigenvalue weighted by molar-refractivity contribution is 7.93. The van der Waals surface area contributed by atoms with Gasteiger partial charge in [0, 0.05) is 19.2 Å². The van der Waals surface area contributed by atoms with Gasteiger partial charge in [-0.15, -0.1) is 0 Å². The van der Waals surface area contributed by atoms with Crippen molar-refractivity contribution in [3.05, 3.63) is 23.8 Å². The minimum atomic E-state index is -3.27. The van der Waals surface area contributed by atoms with Gasteiger partial charge in [-0.25, -0.2) is 8.42 Å². The first-order valence-electron chi connectivity index (χ1n) is 6.84. The molecule has 1 heterocycles. The molecule has 8 heteroatoms. The summed E-state index contributed by atoms with van der Waals surface area (Å²) >= 11 is 0. The molecule has 0 bridgehead atoms. The Morgan fingerprint density at radius 3 is 2.68 bits per heavy atom. The molecule has 1 aromatic carbocycles. The fourth-order valence-corrected chi connectivity index (χ4v) is 3.74. The molecule has 1 aliphatic heterocycles. The Hall–Kier alpha value is -2.09.